The Kier molecular flexibility index (Phi) is 3.99. The highest BCUT2D eigenvalue weighted by Crippen LogP contribution is 2.35. The monoisotopic (exact) mass is 350 g/mol. The van der Waals surface area contributed by atoms with E-state index in [1.54, 1.807) is 0 Å². The van der Waals surface area contributed by atoms with Gasteiger partial charge in [-0.2, -0.15) is 0 Å². The van der Waals surface area contributed by atoms with Crippen molar-refractivity contribution in [3.05, 3.63) is 26.3 Å². The molecule has 6 nitrogen and oxygen atoms in total. The zero-order chi connectivity index (χ0) is 13.4. The van der Waals surface area contributed by atoms with E-state index in [0.29, 0.717) is 6.07 Å². The largest absolute Gasteiger partial charge is 0.284 e. The molecule has 0 aromatic carbocycles. The average Bonchev–Trinajstić information content (AvgIpc) is 2.13. The predicted molar refractivity (Wildman–Crippen MR) is 56.6 cm³/mol. The van der Waals surface area contributed by atoms with Crippen LogP contribution >= 0.6 is 26.6 Å². The zero-order valence-corrected chi connectivity index (χ0v) is 10.8. The molecular formula is C6H2BrClF2N2O4S. The smallest absolute Gasteiger partial charge is 0.258 e. The Balaban J connectivity index is 3.64. The van der Waals surface area contributed by atoms with Gasteiger partial charge in [-0.15, -0.1) is 0 Å². The summed E-state index contributed by atoms with van der Waals surface area (Å²) < 4.78 is 46.2. The Morgan fingerprint density at radius 1 is 1.53 bits per heavy atom. The molecule has 0 atom stereocenters. The van der Waals surface area contributed by atoms with Crippen LogP contribution in [0.1, 0.15) is 12.0 Å². The number of hydrogen-bond acceptors (Lipinski definition) is 5. The van der Waals surface area contributed by atoms with E-state index in [-0.39, 0.29) is 0 Å². The van der Waals surface area contributed by atoms with Gasteiger partial charge in [-0.3, -0.25) is 10.1 Å². The molecule has 0 radical (unpaired) electrons. The van der Waals surface area contributed by atoms with E-state index in [0.717, 1.165) is 0 Å². The van der Waals surface area contributed by atoms with Gasteiger partial charge in [0, 0.05) is 10.7 Å². The molecule has 1 aromatic heterocycles. The van der Waals surface area contributed by atoms with E-state index >= 15 is 0 Å². The molecule has 0 saturated heterocycles. The highest BCUT2D eigenvalue weighted by Gasteiger charge is 2.29. The summed E-state index contributed by atoms with van der Waals surface area (Å²) in [5.41, 5.74) is -2.07. The molecule has 0 amide bonds. The first kappa shape index (κ1) is 14.2. The van der Waals surface area contributed by atoms with Crippen LogP contribution in [0.3, 0.4) is 0 Å². The third kappa shape index (κ3) is 3.07. The summed E-state index contributed by atoms with van der Waals surface area (Å²) in [6, 6.07) is 0.384. The molecule has 0 bridgehead atoms. The number of alkyl halides is 2. The predicted octanol–water partition coefficient (Wildman–Crippen LogP) is 2.62. The fourth-order valence-corrected chi connectivity index (χ4v) is 2.34. The normalized spacial score (nSPS) is 11.8. The fraction of sp³-hybridized carbons (Fsp3) is 0.167. The standard InChI is InChI=1S/C6H2BrClF2N2O4S/c7-5-4(6(9)10)2(12(13)14)1-3(11-5)17(8,15)16/h1,6H. The van der Waals surface area contributed by atoms with Crippen LogP contribution in [-0.4, -0.2) is 18.3 Å². The summed E-state index contributed by atoms with van der Waals surface area (Å²) in [6.07, 6.45) is -3.18. The van der Waals surface area contributed by atoms with Crippen molar-refractivity contribution < 1.29 is 22.1 Å². The molecular weight excluding hydrogens is 349 g/mol. The van der Waals surface area contributed by atoms with Crippen molar-refractivity contribution in [2.24, 2.45) is 0 Å². The van der Waals surface area contributed by atoms with Crippen LogP contribution < -0.4 is 0 Å². The van der Waals surface area contributed by atoms with Crippen LogP contribution in [0.5, 0.6) is 0 Å². The molecule has 0 unspecified atom stereocenters. The van der Waals surface area contributed by atoms with Gasteiger partial charge in [0.25, 0.3) is 21.2 Å². The first-order valence-electron chi connectivity index (χ1n) is 3.72. The number of rotatable bonds is 3. The van der Waals surface area contributed by atoms with Crippen molar-refractivity contribution in [3.63, 3.8) is 0 Å². The molecule has 17 heavy (non-hydrogen) atoms. The van der Waals surface area contributed by atoms with Crippen molar-refractivity contribution >= 4 is 41.4 Å². The van der Waals surface area contributed by atoms with E-state index in [1.165, 1.54) is 0 Å². The van der Waals surface area contributed by atoms with Crippen LogP contribution in [0.15, 0.2) is 15.7 Å². The molecule has 1 rings (SSSR count). The van der Waals surface area contributed by atoms with E-state index in [4.69, 9.17) is 10.7 Å². The summed E-state index contributed by atoms with van der Waals surface area (Å²) in [4.78, 5) is 12.6. The first-order chi connectivity index (χ1) is 7.64. The number of pyridine rings is 1. The number of hydrogen-bond donors (Lipinski definition) is 0. The highest BCUT2D eigenvalue weighted by atomic mass is 79.9. The summed E-state index contributed by atoms with van der Waals surface area (Å²) in [7, 11) is 0.576. The maximum Gasteiger partial charge on any atom is 0.284 e. The van der Waals surface area contributed by atoms with Crippen LogP contribution in [0, 0.1) is 10.1 Å². The second-order valence-electron chi connectivity index (χ2n) is 2.68. The summed E-state index contributed by atoms with van der Waals surface area (Å²) >= 11 is 2.54. The van der Waals surface area contributed by atoms with Crippen LogP contribution in [0.25, 0.3) is 0 Å². The van der Waals surface area contributed by atoms with Gasteiger partial charge in [-0.25, -0.2) is 22.2 Å². The number of halogens is 4. The van der Waals surface area contributed by atoms with Crippen molar-refractivity contribution in [1.82, 2.24) is 4.98 Å². The summed E-state index contributed by atoms with van der Waals surface area (Å²) in [5.74, 6) is 0. The fourth-order valence-electron chi connectivity index (χ4n) is 0.967. The van der Waals surface area contributed by atoms with Gasteiger partial charge in [0.15, 0.2) is 5.03 Å². The molecule has 11 heteroatoms. The van der Waals surface area contributed by atoms with Crippen LogP contribution in [-0.2, 0) is 9.05 Å². The summed E-state index contributed by atoms with van der Waals surface area (Å²) in [6.45, 7) is 0. The van der Waals surface area contributed by atoms with Gasteiger partial charge in [0.05, 0.1) is 11.0 Å². The third-order valence-corrected chi connectivity index (χ3v) is 3.42. The van der Waals surface area contributed by atoms with Crippen molar-refractivity contribution in [2.75, 3.05) is 0 Å². The zero-order valence-electron chi connectivity index (χ0n) is 7.60. The van der Waals surface area contributed by atoms with Crippen LogP contribution in [0.4, 0.5) is 14.5 Å². The molecule has 0 N–H and O–H groups in total. The lowest BCUT2D eigenvalue weighted by atomic mass is 10.2. The Hall–Kier alpha value is -0.870. The molecule has 0 saturated carbocycles. The number of aromatic nitrogens is 1. The summed E-state index contributed by atoms with van der Waals surface area (Å²) in [5, 5.41) is 9.67. The SMILES string of the molecule is O=[N+]([O-])c1cc(S(=O)(=O)Cl)nc(Br)c1C(F)F. The van der Waals surface area contributed by atoms with E-state index in [2.05, 4.69) is 20.9 Å². The van der Waals surface area contributed by atoms with E-state index in [1.807, 2.05) is 0 Å². The van der Waals surface area contributed by atoms with Gasteiger partial charge in [-0.05, 0) is 15.9 Å². The minimum absolute atomic E-state index is 0.384. The minimum atomic E-state index is -4.34. The highest BCUT2D eigenvalue weighted by molar-refractivity contribution is 9.10. The molecule has 0 aliphatic rings. The van der Waals surface area contributed by atoms with Crippen molar-refractivity contribution in [2.45, 2.75) is 11.5 Å². The van der Waals surface area contributed by atoms with Gasteiger partial charge < -0.3 is 0 Å². The lowest BCUT2D eigenvalue weighted by molar-refractivity contribution is -0.386. The minimum Gasteiger partial charge on any atom is -0.258 e. The Labute approximate surface area is 106 Å². The quantitative estimate of drug-likeness (QED) is 0.361. The topological polar surface area (TPSA) is 90.2 Å². The molecule has 1 aromatic rings. The van der Waals surface area contributed by atoms with Gasteiger partial charge in [0.2, 0.25) is 0 Å². The van der Waals surface area contributed by atoms with Crippen molar-refractivity contribution in [1.29, 1.82) is 0 Å². The van der Waals surface area contributed by atoms with Gasteiger partial charge >= 0.3 is 0 Å². The van der Waals surface area contributed by atoms with E-state index < -0.39 is 41.3 Å². The Morgan fingerprint density at radius 2 is 2.06 bits per heavy atom. The van der Waals surface area contributed by atoms with Gasteiger partial charge in [0.1, 0.15) is 10.2 Å². The second kappa shape index (κ2) is 4.78. The number of nitrogens with zero attached hydrogens (tertiary/aromatic N) is 2. The van der Waals surface area contributed by atoms with Crippen LogP contribution in [0.2, 0.25) is 0 Å². The molecule has 94 valence electrons. The number of nitro groups is 1. The molecule has 0 spiro atoms. The van der Waals surface area contributed by atoms with Gasteiger partial charge in [-0.1, -0.05) is 0 Å². The second-order valence-corrected chi connectivity index (χ2v) is 5.94. The van der Waals surface area contributed by atoms with E-state index in [9.17, 15) is 27.3 Å². The maximum atomic E-state index is 12.5. The van der Waals surface area contributed by atoms with Crippen molar-refractivity contribution in [3.8, 4) is 0 Å². The third-order valence-electron chi connectivity index (χ3n) is 1.63. The lowest BCUT2D eigenvalue weighted by Gasteiger charge is -2.05. The maximum absolute atomic E-state index is 12.5. The molecule has 0 aliphatic heterocycles. The lowest BCUT2D eigenvalue weighted by Crippen LogP contribution is -2.04. The molecule has 0 fully saturated rings. The first-order valence-corrected chi connectivity index (χ1v) is 6.82. The average molecular weight is 352 g/mol. The molecule has 0 aliphatic carbocycles. The molecule has 1 heterocycles. The Morgan fingerprint density at radius 3 is 2.41 bits per heavy atom. The Bertz CT molecular complexity index is 580.